The quantitative estimate of drug-likeness (QED) is 0.704. The maximum Gasteiger partial charge on any atom is 0.282 e. The minimum Gasteiger partial charge on any atom is -0.330 e. The summed E-state index contributed by atoms with van der Waals surface area (Å²) in [6.07, 6.45) is 3.58. The molecule has 94 valence electrons. The van der Waals surface area contributed by atoms with Crippen molar-refractivity contribution in [2.75, 3.05) is 33.2 Å². The maximum absolute atomic E-state index is 12.1. The first-order valence-electron chi connectivity index (χ1n) is 5.55. The van der Waals surface area contributed by atoms with Gasteiger partial charge < -0.3 is 5.73 Å². The third-order valence-corrected chi connectivity index (χ3v) is 4.63. The molecule has 0 radical (unpaired) electrons. The van der Waals surface area contributed by atoms with Gasteiger partial charge in [0.2, 0.25) is 0 Å². The molecule has 0 fully saturated rings. The first kappa shape index (κ1) is 13.6. The van der Waals surface area contributed by atoms with Crippen LogP contribution in [-0.4, -0.2) is 50.3 Å². The van der Waals surface area contributed by atoms with Gasteiger partial charge in [-0.25, -0.2) is 0 Å². The molecule has 0 bridgehead atoms. The molecule has 0 amide bonds. The molecule has 0 unspecified atom stereocenters. The number of hydrogen-bond acceptors (Lipinski definition) is 3. The highest BCUT2D eigenvalue weighted by Gasteiger charge is 2.27. The van der Waals surface area contributed by atoms with Crippen molar-refractivity contribution < 1.29 is 8.42 Å². The van der Waals surface area contributed by atoms with E-state index in [-0.39, 0.29) is 0 Å². The van der Waals surface area contributed by atoms with E-state index in [2.05, 4.69) is 6.08 Å². The third kappa shape index (κ3) is 3.28. The zero-order valence-electron chi connectivity index (χ0n) is 10.0. The Hall–Kier alpha value is -0.430. The van der Waals surface area contributed by atoms with E-state index >= 15 is 0 Å². The highest BCUT2D eigenvalue weighted by molar-refractivity contribution is 7.86. The van der Waals surface area contributed by atoms with E-state index in [0.717, 1.165) is 12.0 Å². The second-order valence-corrected chi connectivity index (χ2v) is 6.18. The van der Waals surface area contributed by atoms with Crippen molar-refractivity contribution in [3.8, 4) is 0 Å². The Labute approximate surface area is 98.1 Å². The summed E-state index contributed by atoms with van der Waals surface area (Å²) in [4.78, 5) is 0. The molecule has 0 spiro atoms. The Morgan fingerprint density at radius 3 is 2.81 bits per heavy atom. The molecule has 0 aromatic heterocycles. The third-order valence-electron chi connectivity index (χ3n) is 2.69. The van der Waals surface area contributed by atoms with Gasteiger partial charge in [-0.15, -0.1) is 0 Å². The van der Waals surface area contributed by atoms with E-state index in [1.54, 1.807) is 7.05 Å². The van der Waals surface area contributed by atoms with Crippen molar-refractivity contribution in [2.45, 2.75) is 19.8 Å². The first-order valence-corrected chi connectivity index (χ1v) is 6.95. The lowest BCUT2D eigenvalue weighted by molar-refractivity contribution is 0.367. The summed E-state index contributed by atoms with van der Waals surface area (Å²) < 4.78 is 27.2. The van der Waals surface area contributed by atoms with Crippen LogP contribution in [0.1, 0.15) is 19.8 Å². The average Bonchev–Trinajstić information content (AvgIpc) is 2.25. The molecule has 0 saturated heterocycles. The topological polar surface area (TPSA) is 66.6 Å². The normalized spacial score (nSPS) is 18.9. The van der Waals surface area contributed by atoms with Gasteiger partial charge in [-0.1, -0.05) is 11.6 Å². The summed E-state index contributed by atoms with van der Waals surface area (Å²) in [6, 6.07) is 0. The van der Waals surface area contributed by atoms with E-state index in [0.29, 0.717) is 32.6 Å². The fourth-order valence-electron chi connectivity index (χ4n) is 1.70. The lowest BCUT2D eigenvalue weighted by atomic mass is 10.2. The second-order valence-electron chi connectivity index (χ2n) is 4.14. The second kappa shape index (κ2) is 5.77. The smallest absolute Gasteiger partial charge is 0.282 e. The van der Waals surface area contributed by atoms with Crippen LogP contribution in [0.25, 0.3) is 0 Å². The molecule has 0 saturated carbocycles. The summed E-state index contributed by atoms with van der Waals surface area (Å²) in [7, 11) is -1.69. The van der Waals surface area contributed by atoms with E-state index in [4.69, 9.17) is 5.73 Å². The van der Waals surface area contributed by atoms with Crippen molar-refractivity contribution in [3.63, 3.8) is 0 Å². The molecule has 1 aliphatic rings. The highest BCUT2D eigenvalue weighted by Crippen LogP contribution is 2.15. The average molecular weight is 247 g/mol. The van der Waals surface area contributed by atoms with Gasteiger partial charge in [0.1, 0.15) is 0 Å². The van der Waals surface area contributed by atoms with E-state index < -0.39 is 10.2 Å². The van der Waals surface area contributed by atoms with Crippen molar-refractivity contribution in [2.24, 2.45) is 5.73 Å². The molecular formula is C10H21N3O2S. The monoisotopic (exact) mass is 247 g/mol. The lowest BCUT2D eigenvalue weighted by Gasteiger charge is -2.29. The van der Waals surface area contributed by atoms with Gasteiger partial charge in [0.05, 0.1) is 0 Å². The van der Waals surface area contributed by atoms with Crippen LogP contribution in [0.5, 0.6) is 0 Å². The van der Waals surface area contributed by atoms with Crippen LogP contribution in [0, 0.1) is 0 Å². The number of nitrogens with zero attached hydrogens (tertiary/aromatic N) is 2. The molecular weight excluding hydrogens is 226 g/mol. The van der Waals surface area contributed by atoms with Crippen molar-refractivity contribution in [1.82, 2.24) is 8.61 Å². The SMILES string of the molecule is CC1=CCCN(S(=O)(=O)N(C)CCCN)C1. The molecule has 0 aromatic rings. The summed E-state index contributed by atoms with van der Waals surface area (Å²) in [5, 5.41) is 0. The predicted molar refractivity (Wildman–Crippen MR) is 65.2 cm³/mol. The molecule has 0 aromatic carbocycles. The Kier molecular flexibility index (Phi) is 4.91. The Morgan fingerprint density at radius 2 is 2.25 bits per heavy atom. The Bertz CT molecular complexity index is 351. The zero-order chi connectivity index (χ0) is 12.2. The van der Waals surface area contributed by atoms with Crippen LogP contribution in [0.15, 0.2) is 11.6 Å². The van der Waals surface area contributed by atoms with E-state index in [1.165, 1.54) is 8.61 Å². The van der Waals surface area contributed by atoms with Crippen molar-refractivity contribution >= 4 is 10.2 Å². The Balaban J connectivity index is 2.66. The maximum atomic E-state index is 12.1. The molecule has 6 heteroatoms. The first-order chi connectivity index (χ1) is 7.48. The van der Waals surface area contributed by atoms with Crippen LogP contribution < -0.4 is 5.73 Å². The fraction of sp³-hybridized carbons (Fsp3) is 0.800. The number of hydrogen-bond donors (Lipinski definition) is 1. The zero-order valence-corrected chi connectivity index (χ0v) is 10.8. The molecule has 16 heavy (non-hydrogen) atoms. The highest BCUT2D eigenvalue weighted by atomic mass is 32.2. The van der Waals surface area contributed by atoms with Gasteiger partial charge in [-0.05, 0) is 26.3 Å². The molecule has 0 aliphatic carbocycles. The number of nitrogens with two attached hydrogens (primary N) is 1. The fourth-order valence-corrected chi connectivity index (χ4v) is 3.16. The van der Waals surface area contributed by atoms with Gasteiger partial charge in [-0.2, -0.15) is 17.0 Å². The van der Waals surface area contributed by atoms with Crippen LogP contribution in [0.3, 0.4) is 0 Å². The lowest BCUT2D eigenvalue weighted by Crippen LogP contribution is -2.44. The summed E-state index contributed by atoms with van der Waals surface area (Å²) in [6.45, 7) is 4.04. The standard InChI is InChI=1S/C10H21N3O2S/c1-10-5-3-8-13(9-10)16(14,15)12(2)7-4-6-11/h5H,3-4,6-9,11H2,1-2H3. The van der Waals surface area contributed by atoms with Crippen molar-refractivity contribution in [3.05, 3.63) is 11.6 Å². The summed E-state index contributed by atoms with van der Waals surface area (Å²) in [5.41, 5.74) is 6.49. The van der Waals surface area contributed by atoms with Gasteiger partial charge in [0, 0.05) is 26.7 Å². The predicted octanol–water partition coefficient (Wildman–Crippen LogP) is 0.164. The molecule has 5 nitrogen and oxygen atoms in total. The van der Waals surface area contributed by atoms with Gasteiger partial charge in [0.15, 0.2) is 0 Å². The Morgan fingerprint density at radius 1 is 1.56 bits per heavy atom. The molecule has 1 heterocycles. The number of rotatable bonds is 5. The summed E-state index contributed by atoms with van der Waals surface area (Å²) >= 11 is 0. The minimum atomic E-state index is -3.30. The van der Waals surface area contributed by atoms with Gasteiger partial charge >= 0.3 is 0 Å². The molecule has 2 N–H and O–H groups in total. The van der Waals surface area contributed by atoms with Gasteiger partial charge in [-0.3, -0.25) is 0 Å². The minimum absolute atomic E-state index is 0.484. The van der Waals surface area contributed by atoms with Crippen LogP contribution in [0.4, 0.5) is 0 Å². The van der Waals surface area contributed by atoms with Crippen molar-refractivity contribution in [1.29, 1.82) is 0 Å². The van der Waals surface area contributed by atoms with Gasteiger partial charge in [0.25, 0.3) is 10.2 Å². The molecule has 1 rings (SSSR count). The molecule has 0 atom stereocenters. The van der Waals surface area contributed by atoms with E-state index in [1.807, 2.05) is 6.92 Å². The summed E-state index contributed by atoms with van der Waals surface area (Å²) in [5.74, 6) is 0. The van der Waals surface area contributed by atoms with Crippen LogP contribution in [0.2, 0.25) is 0 Å². The van der Waals surface area contributed by atoms with E-state index in [9.17, 15) is 8.42 Å². The van der Waals surface area contributed by atoms with Crippen LogP contribution in [-0.2, 0) is 10.2 Å². The largest absolute Gasteiger partial charge is 0.330 e. The van der Waals surface area contributed by atoms with Crippen LogP contribution >= 0.6 is 0 Å². The molecule has 1 aliphatic heterocycles.